The second-order valence-electron chi connectivity index (χ2n) is 7.00. The molecule has 2 heterocycles. The van der Waals surface area contributed by atoms with Gasteiger partial charge in [-0.15, -0.1) is 21.5 Å². The summed E-state index contributed by atoms with van der Waals surface area (Å²) in [5.74, 6) is 0. The molecule has 0 amide bonds. The van der Waals surface area contributed by atoms with E-state index in [1.165, 1.54) is 12.0 Å². The minimum atomic E-state index is 0.243. The topological polar surface area (TPSA) is 41.1 Å². The fourth-order valence-electron chi connectivity index (χ4n) is 3.35. The Bertz CT molecular complexity index is 623. The SMILES string of the molecule is Cc1nnc(CCNC2CN(Cc3ccccc3)C(C)(C)C2)s1. The smallest absolute Gasteiger partial charge is 0.118 e. The lowest BCUT2D eigenvalue weighted by Crippen LogP contribution is -2.37. The maximum atomic E-state index is 4.20. The monoisotopic (exact) mass is 330 g/mol. The number of benzene rings is 1. The molecule has 0 bridgehead atoms. The van der Waals surface area contributed by atoms with Gasteiger partial charge in [0.1, 0.15) is 10.0 Å². The Labute approximate surface area is 142 Å². The van der Waals surface area contributed by atoms with E-state index >= 15 is 0 Å². The summed E-state index contributed by atoms with van der Waals surface area (Å²) in [6.45, 7) is 9.83. The molecule has 1 N–H and O–H groups in total. The van der Waals surface area contributed by atoms with E-state index in [2.05, 4.69) is 64.6 Å². The average Bonchev–Trinajstić information content (AvgIpc) is 3.04. The van der Waals surface area contributed by atoms with Gasteiger partial charge in [-0.1, -0.05) is 30.3 Å². The number of rotatable bonds is 6. The first-order chi connectivity index (χ1) is 11.0. The molecule has 4 nitrogen and oxygen atoms in total. The first-order valence-electron chi connectivity index (χ1n) is 8.34. The van der Waals surface area contributed by atoms with Crippen LogP contribution < -0.4 is 5.32 Å². The molecule has 124 valence electrons. The summed E-state index contributed by atoms with van der Waals surface area (Å²) in [6, 6.07) is 11.3. The van der Waals surface area contributed by atoms with Crippen molar-refractivity contribution in [3.05, 3.63) is 45.9 Å². The molecule has 2 aromatic rings. The van der Waals surface area contributed by atoms with E-state index in [-0.39, 0.29) is 5.54 Å². The first-order valence-corrected chi connectivity index (χ1v) is 9.16. The predicted octanol–water partition coefficient (Wildman–Crippen LogP) is 3.03. The fraction of sp³-hybridized carbons (Fsp3) is 0.556. The van der Waals surface area contributed by atoms with Crippen LogP contribution >= 0.6 is 11.3 Å². The van der Waals surface area contributed by atoms with E-state index in [1.54, 1.807) is 11.3 Å². The number of aromatic nitrogens is 2. The Balaban J connectivity index is 1.50. The van der Waals surface area contributed by atoms with E-state index in [0.29, 0.717) is 6.04 Å². The van der Waals surface area contributed by atoms with Crippen molar-refractivity contribution in [3.8, 4) is 0 Å². The summed E-state index contributed by atoms with van der Waals surface area (Å²) >= 11 is 1.70. The zero-order valence-electron chi connectivity index (χ0n) is 14.2. The summed E-state index contributed by atoms with van der Waals surface area (Å²) < 4.78 is 0. The zero-order valence-corrected chi connectivity index (χ0v) is 15.1. The van der Waals surface area contributed by atoms with Crippen LogP contribution in [0.2, 0.25) is 0 Å². The Morgan fingerprint density at radius 1 is 1.26 bits per heavy atom. The van der Waals surface area contributed by atoms with Gasteiger partial charge in [0, 0.05) is 37.6 Å². The highest BCUT2D eigenvalue weighted by atomic mass is 32.1. The molecular weight excluding hydrogens is 304 g/mol. The quantitative estimate of drug-likeness (QED) is 0.884. The van der Waals surface area contributed by atoms with Crippen LogP contribution in [0.3, 0.4) is 0 Å². The molecule has 23 heavy (non-hydrogen) atoms. The van der Waals surface area contributed by atoms with E-state index in [1.807, 2.05) is 6.92 Å². The van der Waals surface area contributed by atoms with Crippen LogP contribution in [-0.2, 0) is 13.0 Å². The number of nitrogens with zero attached hydrogens (tertiary/aromatic N) is 3. The van der Waals surface area contributed by atoms with Crippen molar-refractivity contribution < 1.29 is 0 Å². The summed E-state index contributed by atoms with van der Waals surface area (Å²) in [7, 11) is 0. The first kappa shape index (κ1) is 16.6. The van der Waals surface area contributed by atoms with Gasteiger partial charge in [0.2, 0.25) is 0 Å². The molecule has 1 saturated heterocycles. The Morgan fingerprint density at radius 2 is 2.04 bits per heavy atom. The van der Waals surface area contributed by atoms with Gasteiger partial charge >= 0.3 is 0 Å². The van der Waals surface area contributed by atoms with Gasteiger partial charge in [-0.05, 0) is 32.8 Å². The molecule has 1 unspecified atom stereocenters. The molecule has 1 atom stereocenters. The second-order valence-corrected chi connectivity index (χ2v) is 8.26. The van der Waals surface area contributed by atoms with Crippen LogP contribution in [0.5, 0.6) is 0 Å². The molecule has 0 radical (unpaired) electrons. The summed E-state index contributed by atoms with van der Waals surface area (Å²) in [5.41, 5.74) is 1.64. The minimum Gasteiger partial charge on any atom is -0.312 e. The highest BCUT2D eigenvalue weighted by Gasteiger charge is 2.37. The third-order valence-electron chi connectivity index (χ3n) is 4.60. The Morgan fingerprint density at radius 3 is 2.74 bits per heavy atom. The van der Waals surface area contributed by atoms with E-state index in [9.17, 15) is 0 Å². The average molecular weight is 331 g/mol. The molecule has 0 aliphatic carbocycles. The zero-order chi connectivity index (χ0) is 16.3. The van der Waals surface area contributed by atoms with Gasteiger partial charge in [0.25, 0.3) is 0 Å². The van der Waals surface area contributed by atoms with E-state index in [4.69, 9.17) is 0 Å². The van der Waals surface area contributed by atoms with Crippen molar-refractivity contribution in [1.29, 1.82) is 0 Å². The molecule has 1 aromatic heterocycles. The third kappa shape index (κ3) is 4.37. The van der Waals surface area contributed by atoms with Crippen LogP contribution in [0.15, 0.2) is 30.3 Å². The number of hydrogen-bond donors (Lipinski definition) is 1. The molecule has 3 rings (SSSR count). The molecular formula is C18H26N4S. The summed E-state index contributed by atoms with van der Waals surface area (Å²) in [4.78, 5) is 2.59. The highest BCUT2D eigenvalue weighted by Crippen LogP contribution is 2.30. The van der Waals surface area contributed by atoms with Crippen molar-refractivity contribution in [2.45, 2.75) is 51.7 Å². The van der Waals surface area contributed by atoms with E-state index in [0.717, 1.165) is 36.1 Å². The third-order valence-corrected chi connectivity index (χ3v) is 5.50. The lowest BCUT2D eigenvalue weighted by molar-refractivity contribution is 0.166. The van der Waals surface area contributed by atoms with Gasteiger partial charge in [-0.3, -0.25) is 4.90 Å². The van der Waals surface area contributed by atoms with Crippen LogP contribution in [0, 0.1) is 6.92 Å². The number of likely N-dealkylation sites (tertiary alicyclic amines) is 1. The van der Waals surface area contributed by atoms with Crippen molar-refractivity contribution in [2.75, 3.05) is 13.1 Å². The molecule has 1 aromatic carbocycles. The summed E-state index contributed by atoms with van der Waals surface area (Å²) in [6.07, 6.45) is 2.16. The maximum absolute atomic E-state index is 4.20. The molecule has 0 saturated carbocycles. The Hall–Kier alpha value is -1.30. The molecule has 1 aliphatic rings. The normalized spacial score (nSPS) is 20.9. The standard InChI is InChI=1S/C18H26N4S/c1-14-20-21-17(23-14)9-10-19-16-11-18(2,3)22(13-16)12-15-7-5-4-6-8-15/h4-8,16,19H,9-13H2,1-3H3. The van der Waals surface area contributed by atoms with Crippen molar-refractivity contribution in [2.24, 2.45) is 0 Å². The molecule has 1 fully saturated rings. The van der Waals surface area contributed by atoms with Crippen LogP contribution in [0.4, 0.5) is 0 Å². The lowest BCUT2D eigenvalue weighted by Gasteiger charge is -2.31. The van der Waals surface area contributed by atoms with Crippen molar-refractivity contribution >= 4 is 11.3 Å². The van der Waals surface area contributed by atoms with Crippen molar-refractivity contribution in [3.63, 3.8) is 0 Å². The molecule has 5 heteroatoms. The maximum Gasteiger partial charge on any atom is 0.118 e. The van der Waals surface area contributed by atoms with Gasteiger partial charge in [-0.25, -0.2) is 0 Å². The lowest BCUT2D eigenvalue weighted by atomic mass is 9.99. The highest BCUT2D eigenvalue weighted by molar-refractivity contribution is 7.11. The van der Waals surface area contributed by atoms with Crippen LogP contribution in [-0.4, -0.2) is 39.8 Å². The number of aryl methyl sites for hydroxylation is 1. The van der Waals surface area contributed by atoms with Gasteiger partial charge in [-0.2, -0.15) is 0 Å². The predicted molar refractivity (Wildman–Crippen MR) is 95.7 cm³/mol. The minimum absolute atomic E-state index is 0.243. The van der Waals surface area contributed by atoms with Gasteiger partial charge in [0.15, 0.2) is 0 Å². The summed E-state index contributed by atoms with van der Waals surface area (Å²) in [5, 5.41) is 14.2. The number of hydrogen-bond acceptors (Lipinski definition) is 5. The van der Waals surface area contributed by atoms with Crippen LogP contribution in [0.25, 0.3) is 0 Å². The van der Waals surface area contributed by atoms with Gasteiger partial charge < -0.3 is 5.32 Å². The van der Waals surface area contributed by atoms with Gasteiger partial charge in [0.05, 0.1) is 0 Å². The molecule has 1 aliphatic heterocycles. The van der Waals surface area contributed by atoms with Crippen LogP contribution in [0.1, 0.15) is 35.8 Å². The molecule has 0 spiro atoms. The second kappa shape index (κ2) is 7.07. The van der Waals surface area contributed by atoms with Crippen molar-refractivity contribution in [1.82, 2.24) is 20.4 Å². The largest absolute Gasteiger partial charge is 0.312 e. The Kier molecular flexibility index (Phi) is 5.09. The fourth-order valence-corrected chi connectivity index (χ4v) is 4.06. The number of nitrogens with one attached hydrogen (secondary N) is 1. The van der Waals surface area contributed by atoms with E-state index < -0.39 is 0 Å².